The molecule has 0 aromatic carbocycles. The van der Waals surface area contributed by atoms with Crippen molar-refractivity contribution in [1.29, 1.82) is 0 Å². The van der Waals surface area contributed by atoms with Crippen molar-refractivity contribution >= 4 is 5.82 Å². The summed E-state index contributed by atoms with van der Waals surface area (Å²) in [5, 5.41) is 13.1. The third-order valence-corrected chi connectivity index (χ3v) is 2.41. The fraction of sp³-hybridized carbons (Fsp3) is 0.583. The van der Waals surface area contributed by atoms with Crippen LogP contribution < -0.4 is 5.32 Å². The van der Waals surface area contributed by atoms with Crippen LogP contribution in [0.4, 0.5) is 5.82 Å². The van der Waals surface area contributed by atoms with Crippen LogP contribution in [-0.4, -0.2) is 36.0 Å². The molecule has 4 heteroatoms. The summed E-state index contributed by atoms with van der Waals surface area (Å²) < 4.78 is 4.94. The van der Waals surface area contributed by atoms with Crippen molar-refractivity contribution in [3.8, 4) is 0 Å². The molecule has 0 amide bonds. The predicted octanol–water partition coefficient (Wildman–Crippen LogP) is 1.59. The minimum atomic E-state index is -0.775. The average Bonchev–Trinajstić information content (AvgIpc) is 2.26. The molecule has 16 heavy (non-hydrogen) atoms. The van der Waals surface area contributed by atoms with E-state index in [1.807, 2.05) is 19.1 Å². The molecule has 0 fully saturated rings. The molecule has 0 saturated carbocycles. The number of methoxy groups -OCH3 is 1. The Bertz CT molecular complexity index is 309. The molecule has 1 aromatic rings. The van der Waals surface area contributed by atoms with E-state index >= 15 is 0 Å². The van der Waals surface area contributed by atoms with Gasteiger partial charge in [0.05, 0.1) is 5.60 Å². The Kier molecular flexibility index (Phi) is 4.71. The van der Waals surface area contributed by atoms with Crippen LogP contribution in [0.2, 0.25) is 0 Å². The van der Waals surface area contributed by atoms with Gasteiger partial charge in [-0.1, -0.05) is 6.07 Å². The molecule has 1 unspecified atom stereocenters. The van der Waals surface area contributed by atoms with Crippen molar-refractivity contribution in [2.45, 2.75) is 25.9 Å². The Morgan fingerprint density at radius 3 is 2.81 bits per heavy atom. The summed E-state index contributed by atoms with van der Waals surface area (Å²) in [5.74, 6) is 0.781. The summed E-state index contributed by atoms with van der Waals surface area (Å²) in [6.45, 7) is 4.79. The Morgan fingerprint density at radius 1 is 1.50 bits per heavy atom. The topological polar surface area (TPSA) is 54.4 Å². The van der Waals surface area contributed by atoms with Gasteiger partial charge in [0, 0.05) is 32.9 Å². The predicted molar refractivity (Wildman–Crippen MR) is 64.6 cm³/mol. The maximum atomic E-state index is 9.99. The molecule has 1 atom stereocenters. The Balaban J connectivity index is 2.41. The highest BCUT2D eigenvalue weighted by Gasteiger charge is 2.19. The number of ether oxygens (including phenoxy) is 1. The van der Waals surface area contributed by atoms with Crippen LogP contribution in [0, 0.1) is 6.92 Å². The number of aromatic nitrogens is 1. The second kappa shape index (κ2) is 5.82. The quantitative estimate of drug-likeness (QED) is 0.770. The number of anilines is 1. The summed E-state index contributed by atoms with van der Waals surface area (Å²) >= 11 is 0. The summed E-state index contributed by atoms with van der Waals surface area (Å²) in [7, 11) is 1.63. The molecule has 90 valence electrons. The van der Waals surface area contributed by atoms with Gasteiger partial charge in [0.1, 0.15) is 5.82 Å². The molecule has 0 aliphatic rings. The van der Waals surface area contributed by atoms with Gasteiger partial charge in [-0.25, -0.2) is 4.98 Å². The van der Waals surface area contributed by atoms with Gasteiger partial charge in [0.15, 0.2) is 0 Å². The zero-order chi connectivity index (χ0) is 12.0. The number of hydrogen-bond donors (Lipinski definition) is 2. The highest BCUT2D eigenvalue weighted by atomic mass is 16.5. The standard InChI is InChI=1S/C12H20N2O2/c1-10-4-5-11(13-8-10)14-9-12(2,15)6-7-16-3/h4-5,8,15H,6-7,9H2,1-3H3,(H,13,14). The van der Waals surface area contributed by atoms with Crippen molar-refractivity contribution in [3.63, 3.8) is 0 Å². The van der Waals surface area contributed by atoms with Gasteiger partial charge in [-0.15, -0.1) is 0 Å². The van der Waals surface area contributed by atoms with Crippen molar-refractivity contribution in [3.05, 3.63) is 23.9 Å². The molecule has 1 heterocycles. The number of aryl methyl sites for hydroxylation is 1. The Morgan fingerprint density at radius 2 is 2.25 bits per heavy atom. The van der Waals surface area contributed by atoms with Gasteiger partial charge < -0.3 is 15.2 Å². The van der Waals surface area contributed by atoms with Gasteiger partial charge in [0.2, 0.25) is 0 Å². The van der Waals surface area contributed by atoms with Crippen LogP contribution in [0.15, 0.2) is 18.3 Å². The number of nitrogens with one attached hydrogen (secondary N) is 1. The second-order valence-electron chi connectivity index (χ2n) is 4.31. The van der Waals surface area contributed by atoms with Gasteiger partial charge in [-0.05, 0) is 25.5 Å². The zero-order valence-corrected chi connectivity index (χ0v) is 10.2. The fourth-order valence-electron chi connectivity index (χ4n) is 1.26. The van der Waals surface area contributed by atoms with Gasteiger partial charge >= 0.3 is 0 Å². The molecule has 1 aromatic heterocycles. The third-order valence-electron chi connectivity index (χ3n) is 2.41. The normalized spacial score (nSPS) is 14.5. The molecule has 0 saturated heterocycles. The second-order valence-corrected chi connectivity index (χ2v) is 4.31. The average molecular weight is 224 g/mol. The lowest BCUT2D eigenvalue weighted by Crippen LogP contribution is -2.34. The lowest BCUT2D eigenvalue weighted by Gasteiger charge is -2.23. The number of pyridine rings is 1. The van der Waals surface area contributed by atoms with Crippen LogP contribution in [0.25, 0.3) is 0 Å². The van der Waals surface area contributed by atoms with Crippen LogP contribution >= 0.6 is 0 Å². The smallest absolute Gasteiger partial charge is 0.125 e. The van der Waals surface area contributed by atoms with E-state index in [0.717, 1.165) is 11.4 Å². The number of rotatable bonds is 6. The highest BCUT2D eigenvalue weighted by molar-refractivity contribution is 5.35. The van der Waals surface area contributed by atoms with Gasteiger partial charge in [0.25, 0.3) is 0 Å². The monoisotopic (exact) mass is 224 g/mol. The van der Waals surface area contributed by atoms with Crippen LogP contribution in [0.5, 0.6) is 0 Å². The Labute approximate surface area is 96.7 Å². The number of aliphatic hydroxyl groups is 1. The highest BCUT2D eigenvalue weighted by Crippen LogP contribution is 2.11. The van der Waals surface area contributed by atoms with Gasteiger partial charge in [-0.3, -0.25) is 0 Å². The van der Waals surface area contributed by atoms with Crippen molar-refractivity contribution in [1.82, 2.24) is 4.98 Å². The van der Waals surface area contributed by atoms with E-state index in [-0.39, 0.29) is 0 Å². The fourth-order valence-corrected chi connectivity index (χ4v) is 1.26. The van der Waals surface area contributed by atoms with E-state index < -0.39 is 5.60 Å². The van der Waals surface area contributed by atoms with E-state index in [0.29, 0.717) is 19.6 Å². The summed E-state index contributed by atoms with van der Waals surface area (Å²) in [4.78, 5) is 4.21. The van der Waals surface area contributed by atoms with Gasteiger partial charge in [-0.2, -0.15) is 0 Å². The lowest BCUT2D eigenvalue weighted by atomic mass is 10.0. The first-order chi connectivity index (χ1) is 7.53. The molecule has 0 aliphatic carbocycles. The van der Waals surface area contributed by atoms with E-state index in [4.69, 9.17) is 4.74 Å². The third kappa shape index (κ3) is 4.59. The SMILES string of the molecule is COCCC(C)(O)CNc1ccc(C)cn1. The van der Waals surface area contributed by atoms with Crippen LogP contribution in [0.1, 0.15) is 18.9 Å². The largest absolute Gasteiger partial charge is 0.388 e. The summed E-state index contributed by atoms with van der Waals surface area (Å²) in [5.41, 5.74) is 0.347. The van der Waals surface area contributed by atoms with E-state index in [1.54, 1.807) is 20.2 Å². The van der Waals surface area contributed by atoms with E-state index in [1.165, 1.54) is 0 Å². The molecule has 2 N–H and O–H groups in total. The molecule has 0 aliphatic heterocycles. The van der Waals surface area contributed by atoms with E-state index in [9.17, 15) is 5.11 Å². The van der Waals surface area contributed by atoms with Crippen LogP contribution in [-0.2, 0) is 4.74 Å². The first-order valence-corrected chi connectivity index (χ1v) is 5.41. The summed E-state index contributed by atoms with van der Waals surface area (Å²) in [6.07, 6.45) is 2.40. The maximum absolute atomic E-state index is 9.99. The van der Waals surface area contributed by atoms with Crippen LogP contribution in [0.3, 0.4) is 0 Å². The minimum absolute atomic E-state index is 0.465. The first-order valence-electron chi connectivity index (χ1n) is 5.41. The van der Waals surface area contributed by atoms with E-state index in [2.05, 4.69) is 10.3 Å². The first kappa shape index (κ1) is 12.9. The maximum Gasteiger partial charge on any atom is 0.125 e. The molecule has 0 radical (unpaired) electrons. The molecule has 4 nitrogen and oxygen atoms in total. The number of hydrogen-bond acceptors (Lipinski definition) is 4. The lowest BCUT2D eigenvalue weighted by molar-refractivity contribution is 0.0357. The number of nitrogens with zero attached hydrogens (tertiary/aromatic N) is 1. The molecular weight excluding hydrogens is 204 g/mol. The molecule has 0 bridgehead atoms. The van der Waals surface area contributed by atoms with Crippen molar-refractivity contribution < 1.29 is 9.84 Å². The minimum Gasteiger partial charge on any atom is -0.388 e. The zero-order valence-electron chi connectivity index (χ0n) is 10.2. The molecule has 1 rings (SSSR count). The van der Waals surface area contributed by atoms with Crippen molar-refractivity contribution in [2.75, 3.05) is 25.6 Å². The van der Waals surface area contributed by atoms with Crippen molar-refractivity contribution in [2.24, 2.45) is 0 Å². The molecule has 0 spiro atoms. The summed E-state index contributed by atoms with van der Waals surface area (Å²) in [6, 6.07) is 3.89. The molecular formula is C12H20N2O2. The Hall–Kier alpha value is -1.13.